The first-order valence-electron chi connectivity index (χ1n) is 6.12. The molecule has 7 heteroatoms. The van der Waals surface area contributed by atoms with Gasteiger partial charge in [0.1, 0.15) is 5.75 Å². The predicted molar refractivity (Wildman–Crippen MR) is 74.2 cm³/mol. The molecule has 0 bridgehead atoms. The minimum absolute atomic E-state index is 0.253. The Labute approximate surface area is 116 Å². The molecule has 1 heterocycles. The molecule has 106 valence electrons. The van der Waals surface area contributed by atoms with Crippen molar-refractivity contribution in [2.75, 3.05) is 31.2 Å². The van der Waals surface area contributed by atoms with E-state index in [1.807, 2.05) is 6.92 Å². The summed E-state index contributed by atoms with van der Waals surface area (Å²) in [6.07, 6.45) is 0. The maximum Gasteiger partial charge on any atom is 0.243 e. The summed E-state index contributed by atoms with van der Waals surface area (Å²) in [5.41, 5.74) is 0. The Hall–Kier alpha value is -0.920. The molecule has 0 N–H and O–H groups in total. The van der Waals surface area contributed by atoms with Gasteiger partial charge in [0.2, 0.25) is 10.0 Å². The van der Waals surface area contributed by atoms with Crippen LogP contribution >= 0.6 is 0 Å². The zero-order valence-electron chi connectivity index (χ0n) is 10.7. The van der Waals surface area contributed by atoms with E-state index in [2.05, 4.69) is 0 Å². The SMILES string of the molecule is CCOc1ccc(S(=O)(=O)N2CCS(=O)CC2)cc1. The highest BCUT2D eigenvalue weighted by molar-refractivity contribution is 7.89. The smallest absolute Gasteiger partial charge is 0.243 e. The fourth-order valence-electron chi connectivity index (χ4n) is 1.89. The number of benzene rings is 1. The molecule has 1 aromatic rings. The van der Waals surface area contributed by atoms with Crippen molar-refractivity contribution in [3.63, 3.8) is 0 Å². The highest BCUT2D eigenvalue weighted by Crippen LogP contribution is 2.20. The summed E-state index contributed by atoms with van der Waals surface area (Å²) < 4.78 is 42.6. The summed E-state index contributed by atoms with van der Waals surface area (Å²) in [5, 5.41) is 0. The Morgan fingerprint density at radius 2 is 1.79 bits per heavy atom. The minimum Gasteiger partial charge on any atom is -0.494 e. The fourth-order valence-corrected chi connectivity index (χ4v) is 4.61. The third-order valence-electron chi connectivity index (χ3n) is 2.91. The third kappa shape index (κ3) is 3.34. The van der Waals surface area contributed by atoms with E-state index < -0.39 is 20.8 Å². The molecule has 1 fully saturated rings. The number of rotatable bonds is 4. The van der Waals surface area contributed by atoms with E-state index in [-0.39, 0.29) is 4.90 Å². The van der Waals surface area contributed by atoms with Crippen LogP contribution in [0.4, 0.5) is 0 Å². The minimum atomic E-state index is -3.47. The van der Waals surface area contributed by atoms with E-state index >= 15 is 0 Å². The molecule has 1 aliphatic heterocycles. The molecule has 5 nitrogen and oxygen atoms in total. The molecule has 0 unspecified atom stereocenters. The molecule has 2 rings (SSSR count). The Bertz CT molecular complexity index is 544. The standard InChI is InChI=1S/C12H17NO4S2/c1-2-17-11-3-5-12(6-4-11)19(15,16)13-7-9-18(14)10-8-13/h3-6H,2,7-10H2,1H3. The van der Waals surface area contributed by atoms with Crippen molar-refractivity contribution < 1.29 is 17.4 Å². The van der Waals surface area contributed by atoms with Gasteiger partial charge in [0, 0.05) is 35.4 Å². The van der Waals surface area contributed by atoms with E-state index in [4.69, 9.17) is 4.74 Å². The summed E-state index contributed by atoms with van der Waals surface area (Å²) in [7, 11) is -4.36. The lowest BCUT2D eigenvalue weighted by Crippen LogP contribution is -2.41. The second-order valence-corrected chi connectivity index (χ2v) is 7.79. The lowest BCUT2D eigenvalue weighted by Gasteiger charge is -2.25. The number of hydrogen-bond donors (Lipinski definition) is 0. The van der Waals surface area contributed by atoms with Gasteiger partial charge in [-0.25, -0.2) is 8.42 Å². The van der Waals surface area contributed by atoms with Crippen LogP contribution in [0.25, 0.3) is 0 Å². The van der Waals surface area contributed by atoms with E-state index in [1.165, 1.54) is 4.31 Å². The molecule has 0 aliphatic carbocycles. The predicted octanol–water partition coefficient (Wildman–Crippen LogP) is 0.838. The van der Waals surface area contributed by atoms with Gasteiger partial charge in [-0.3, -0.25) is 4.21 Å². The zero-order chi connectivity index (χ0) is 13.9. The topological polar surface area (TPSA) is 63.7 Å². The first-order chi connectivity index (χ1) is 9.04. The second-order valence-electron chi connectivity index (χ2n) is 4.16. The molecule has 0 saturated carbocycles. The maximum absolute atomic E-state index is 12.3. The van der Waals surface area contributed by atoms with Gasteiger partial charge < -0.3 is 4.74 Å². The Balaban J connectivity index is 2.17. The van der Waals surface area contributed by atoms with E-state index in [0.717, 1.165) is 0 Å². The van der Waals surface area contributed by atoms with Gasteiger partial charge in [-0.2, -0.15) is 4.31 Å². The van der Waals surface area contributed by atoms with Crippen LogP contribution in [0, 0.1) is 0 Å². The van der Waals surface area contributed by atoms with Gasteiger partial charge >= 0.3 is 0 Å². The molecule has 0 amide bonds. The van der Waals surface area contributed by atoms with Crippen molar-refractivity contribution in [1.82, 2.24) is 4.31 Å². The normalized spacial score (nSPS) is 18.4. The highest BCUT2D eigenvalue weighted by Gasteiger charge is 2.27. The Morgan fingerprint density at radius 3 is 2.32 bits per heavy atom. The number of sulfonamides is 1. The largest absolute Gasteiger partial charge is 0.494 e. The van der Waals surface area contributed by atoms with E-state index in [0.29, 0.717) is 37.0 Å². The number of ether oxygens (including phenoxy) is 1. The van der Waals surface area contributed by atoms with Crippen molar-refractivity contribution in [2.24, 2.45) is 0 Å². The molecule has 0 spiro atoms. The van der Waals surface area contributed by atoms with Gasteiger partial charge in [-0.15, -0.1) is 0 Å². The molecule has 0 aromatic heterocycles. The molecular weight excluding hydrogens is 286 g/mol. The van der Waals surface area contributed by atoms with E-state index in [9.17, 15) is 12.6 Å². The monoisotopic (exact) mass is 303 g/mol. The summed E-state index contributed by atoms with van der Waals surface area (Å²) >= 11 is 0. The summed E-state index contributed by atoms with van der Waals surface area (Å²) in [6, 6.07) is 6.40. The van der Waals surface area contributed by atoms with Gasteiger partial charge in [-0.1, -0.05) is 0 Å². The lowest BCUT2D eigenvalue weighted by atomic mass is 10.3. The van der Waals surface area contributed by atoms with Crippen molar-refractivity contribution >= 4 is 20.8 Å². The average Bonchev–Trinajstić information content (AvgIpc) is 2.40. The van der Waals surface area contributed by atoms with E-state index in [1.54, 1.807) is 24.3 Å². The van der Waals surface area contributed by atoms with Crippen LogP contribution in [0.1, 0.15) is 6.92 Å². The Kier molecular flexibility index (Phi) is 4.59. The van der Waals surface area contributed by atoms with Crippen molar-refractivity contribution in [3.8, 4) is 5.75 Å². The summed E-state index contributed by atoms with van der Waals surface area (Å²) in [6.45, 7) is 3.06. The average molecular weight is 303 g/mol. The van der Waals surface area contributed by atoms with Crippen LogP contribution in [0.5, 0.6) is 5.75 Å². The lowest BCUT2D eigenvalue weighted by molar-refractivity contribution is 0.340. The molecule has 0 radical (unpaired) electrons. The molecule has 19 heavy (non-hydrogen) atoms. The van der Waals surface area contributed by atoms with Crippen molar-refractivity contribution in [2.45, 2.75) is 11.8 Å². The second kappa shape index (κ2) is 6.02. The van der Waals surface area contributed by atoms with Crippen LogP contribution in [-0.4, -0.2) is 48.1 Å². The van der Waals surface area contributed by atoms with Crippen molar-refractivity contribution in [3.05, 3.63) is 24.3 Å². The van der Waals surface area contributed by atoms with Gasteiger partial charge in [-0.05, 0) is 31.2 Å². The quantitative estimate of drug-likeness (QED) is 0.827. The van der Waals surface area contributed by atoms with Gasteiger partial charge in [0.05, 0.1) is 11.5 Å². The van der Waals surface area contributed by atoms with Crippen LogP contribution in [0.2, 0.25) is 0 Å². The maximum atomic E-state index is 12.3. The zero-order valence-corrected chi connectivity index (χ0v) is 12.4. The molecule has 1 saturated heterocycles. The third-order valence-corrected chi connectivity index (χ3v) is 6.10. The number of hydrogen-bond acceptors (Lipinski definition) is 4. The first kappa shape index (κ1) is 14.5. The highest BCUT2D eigenvalue weighted by atomic mass is 32.2. The first-order valence-corrected chi connectivity index (χ1v) is 9.05. The summed E-state index contributed by atoms with van der Waals surface area (Å²) in [5.74, 6) is 1.48. The Morgan fingerprint density at radius 1 is 1.21 bits per heavy atom. The molecule has 1 aromatic carbocycles. The number of nitrogens with zero attached hydrogens (tertiary/aromatic N) is 1. The fraction of sp³-hybridized carbons (Fsp3) is 0.500. The molecule has 1 aliphatic rings. The summed E-state index contributed by atoms with van der Waals surface area (Å²) in [4.78, 5) is 0.253. The van der Waals surface area contributed by atoms with Crippen LogP contribution in [0.3, 0.4) is 0 Å². The van der Waals surface area contributed by atoms with Crippen molar-refractivity contribution in [1.29, 1.82) is 0 Å². The molecular formula is C12H17NO4S2. The van der Waals surface area contributed by atoms with Crippen LogP contribution < -0.4 is 4.74 Å². The van der Waals surface area contributed by atoms with Gasteiger partial charge in [0.25, 0.3) is 0 Å². The van der Waals surface area contributed by atoms with Crippen LogP contribution in [0.15, 0.2) is 29.2 Å². The van der Waals surface area contributed by atoms with Crippen LogP contribution in [-0.2, 0) is 20.8 Å². The van der Waals surface area contributed by atoms with Gasteiger partial charge in [0.15, 0.2) is 0 Å². The molecule has 0 atom stereocenters.